The summed E-state index contributed by atoms with van der Waals surface area (Å²) in [6, 6.07) is 3.88. The number of likely N-dealkylation sites (tertiary alicyclic amines) is 1. The zero-order valence-corrected chi connectivity index (χ0v) is 13.2. The molecule has 3 N–H and O–H groups in total. The van der Waals surface area contributed by atoms with Gasteiger partial charge < -0.3 is 10.9 Å². The topological polar surface area (TPSA) is 74.7 Å². The molecule has 0 radical (unpaired) electrons. The molecule has 0 unspecified atom stereocenters. The third kappa shape index (κ3) is 4.17. The Hall–Kier alpha value is -1.62. The Morgan fingerprint density at radius 1 is 1.43 bits per heavy atom. The average Bonchev–Trinajstić information content (AvgIpc) is 2.46. The first-order valence-electron chi connectivity index (χ1n) is 7.55. The molecule has 0 bridgehead atoms. The molecule has 1 aliphatic heterocycles. The van der Waals surface area contributed by atoms with Crippen molar-refractivity contribution in [2.24, 2.45) is 22.2 Å². The number of nitrogens with two attached hydrogens (primary N) is 1. The monoisotopic (exact) mass is 290 g/mol. The van der Waals surface area contributed by atoms with E-state index in [2.05, 4.69) is 35.8 Å². The Morgan fingerprint density at radius 3 is 2.67 bits per heavy atom. The first-order valence-corrected chi connectivity index (χ1v) is 7.55. The van der Waals surface area contributed by atoms with E-state index in [9.17, 15) is 0 Å². The Balaban J connectivity index is 1.95. The lowest BCUT2D eigenvalue weighted by atomic mass is 9.75. The lowest BCUT2D eigenvalue weighted by Crippen LogP contribution is -2.37. The van der Waals surface area contributed by atoms with Gasteiger partial charge in [-0.05, 0) is 55.0 Å². The van der Waals surface area contributed by atoms with Crippen molar-refractivity contribution < 1.29 is 5.21 Å². The molecule has 116 valence electrons. The summed E-state index contributed by atoms with van der Waals surface area (Å²) in [6.45, 7) is 10.1. The molecule has 0 aromatic carbocycles. The lowest BCUT2D eigenvalue weighted by molar-refractivity contribution is 0.108. The Labute approximate surface area is 126 Å². The zero-order chi connectivity index (χ0) is 15.5. The second-order valence-electron chi connectivity index (χ2n) is 6.95. The minimum atomic E-state index is 0.0586. The van der Waals surface area contributed by atoms with Crippen LogP contribution in [0.4, 0.5) is 0 Å². The smallest absolute Gasteiger partial charge is 0.188 e. The van der Waals surface area contributed by atoms with Gasteiger partial charge in [-0.15, -0.1) is 0 Å². The van der Waals surface area contributed by atoms with E-state index < -0.39 is 0 Å². The fraction of sp³-hybridized carbons (Fsp3) is 0.625. The first-order chi connectivity index (χ1) is 9.90. The van der Waals surface area contributed by atoms with Crippen LogP contribution in [0, 0.1) is 11.3 Å². The summed E-state index contributed by atoms with van der Waals surface area (Å²) in [7, 11) is 0. The van der Waals surface area contributed by atoms with Crippen LogP contribution in [0.5, 0.6) is 0 Å². The van der Waals surface area contributed by atoms with Gasteiger partial charge in [-0.1, -0.05) is 25.9 Å². The molecule has 21 heavy (non-hydrogen) atoms. The van der Waals surface area contributed by atoms with Crippen LogP contribution in [0.2, 0.25) is 0 Å². The van der Waals surface area contributed by atoms with Crippen LogP contribution >= 0.6 is 0 Å². The average molecular weight is 290 g/mol. The number of rotatable bonds is 3. The normalized spacial score (nSPS) is 18.9. The van der Waals surface area contributed by atoms with E-state index in [4.69, 9.17) is 10.9 Å². The Morgan fingerprint density at radius 2 is 2.10 bits per heavy atom. The molecule has 0 aliphatic carbocycles. The van der Waals surface area contributed by atoms with Crippen molar-refractivity contribution in [3.8, 4) is 0 Å². The summed E-state index contributed by atoms with van der Waals surface area (Å²) in [5.74, 6) is 0.863. The number of amidine groups is 1. The number of hydrogen-bond acceptors (Lipinski definition) is 4. The number of piperidine rings is 1. The number of hydrogen-bond donors (Lipinski definition) is 2. The van der Waals surface area contributed by atoms with Crippen molar-refractivity contribution in [3.05, 3.63) is 29.6 Å². The summed E-state index contributed by atoms with van der Waals surface area (Å²) in [5.41, 5.74) is 7.67. The molecule has 5 nitrogen and oxygen atoms in total. The molecule has 1 aromatic rings. The third-order valence-corrected chi connectivity index (χ3v) is 4.41. The van der Waals surface area contributed by atoms with Crippen LogP contribution in [0.25, 0.3) is 0 Å². The van der Waals surface area contributed by atoms with Gasteiger partial charge in [-0.2, -0.15) is 0 Å². The third-order valence-electron chi connectivity index (χ3n) is 4.41. The number of pyridine rings is 1. The largest absolute Gasteiger partial charge is 0.409 e. The van der Waals surface area contributed by atoms with Crippen molar-refractivity contribution in [2.75, 3.05) is 13.1 Å². The maximum Gasteiger partial charge on any atom is 0.188 e. The second-order valence-corrected chi connectivity index (χ2v) is 6.95. The molecule has 0 spiro atoms. The van der Waals surface area contributed by atoms with Crippen LogP contribution in [0.3, 0.4) is 0 Å². The standard InChI is InChI=1S/C16H26N4O/c1-16(2,3)13-5-8-20(9-6-13)11-12-4-7-18-14(10-12)15(17)19-21/h4,7,10,13,21H,5-6,8-9,11H2,1-3H3,(H2,17,19). The van der Waals surface area contributed by atoms with Gasteiger partial charge in [0.15, 0.2) is 5.84 Å². The summed E-state index contributed by atoms with van der Waals surface area (Å²) >= 11 is 0. The van der Waals surface area contributed by atoms with Gasteiger partial charge in [0.05, 0.1) is 0 Å². The Kier molecular flexibility index (Phi) is 4.83. The Bertz CT molecular complexity index is 499. The van der Waals surface area contributed by atoms with Gasteiger partial charge in [0.25, 0.3) is 0 Å². The van der Waals surface area contributed by atoms with E-state index in [1.807, 2.05) is 12.1 Å². The molecule has 1 saturated heterocycles. The van der Waals surface area contributed by atoms with Gasteiger partial charge in [0, 0.05) is 12.7 Å². The van der Waals surface area contributed by atoms with Gasteiger partial charge >= 0.3 is 0 Å². The zero-order valence-electron chi connectivity index (χ0n) is 13.2. The highest BCUT2D eigenvalue weighted by Crippen LogP contribution is 2.34. The van der Waals surface area contributed by atoms with E-state index in [-0.39, 0.29) is 5.84 Å². The fourth-order valence-electron chi connectivity index (χ4n) is 2.98. The van der Waals surface area contributed by atoms with Gasteiger partial charge in [-0.3, -0.25) is 9.88 Å². The summed E-state index contributed by atoms with van der Waals surface area (Å²) in [4.78, 5) is 6.58. The molecule has 0 amide bonds. The predicted octanol–water partition coefficient (Wildman–Crippen LogP) is 2.43. The molecular formula is C16H26N4O. The predicted molar refractivity (Wildman–Crippen MR) is 84.2 cm³/mol. The summed E-state index contributed by atoms with van der Waals surface area (Å²) in [5, 5.41) is 11.7. The van der Waals surface area contributed by atoms with Crippen LogP contribution in [0.1, 0.15) is 44.9 Å². The summed E-state index contributed by atoms with van der Waals surface area (Å²) < 4.78 is 0. The molecule has 1 fully saturated rings. The van der Waals surface area contributed by atoms with Gasteiger partial charge in [-0.25, -0.2) is 0 Å². The van der Waals surface area contributed by atoms with Crippen molar-refractivity contribution in [1.29, 1.82) is 0 Å². The summed E-state index contributed by atoms with van der Waals surface area (Å²) in [6.07, 6.45) is 4.22. The van der Waals surface area contributed by atoms with Crippen molar-refractivity contribution >= 4 is 5.84 Å². The maximum absolute atomic E-state index is 8.72. The van der Waals surface area contributed by atoms with E-state index in [0.717, 1.165) is 31.1 Å². The van der Waals surface area contributed by atoms with Gasteiger partial charge in [0.1, 0.15) is 5.69 Å². The van der Waals surface area contributed by atoms with Gasteiger partial charge in [0.2, 0.25) is 0 Å². The van der Waals surface area contributed by atoms with E-state index in [0.29, 0.717) is 11.1 Å². The molecule has 2 heterocycles. The minimum absolute atomic E-state index is 0.0586. The van der Waals surface area contributed by atoms with E-state index >= 15 is 0 Å². The highest BCUT2D eigenvalue weighted by atomic mass is 16.4. The molecule has 5 heteroatoms. The minimum Gasteiger partial charge on any atom is -0.409 e. The molecule has 1 aliphatic rings. The number of oxime groups is 1. The van der Waals surface area contributed by atoms with Crippen molar-refractivity contribution in [2.45, 2.75) is 40.2 Å². The lowest BCUT2D eigenvalue weighted by Gasteiger charge is -2.38. The van der Waals surface area contributed by atoms with Crippen LogP contribution in [0.15, 0.2) is 23.5 Å². The maximum atomic E-state index is 8.72. The molecule has 0 saturated carbocycles. The first kappa shape index (κ1) is 15.8. The molecule has 1 aromatic heterocycles. The van der Waals surface area contributed by atoms with E-state index in [1.165, 1.54) is 12.8 Å². The fourth-order valence-corrected chi connectivity index (χ4v) is 2.98. The van der Waals surface area contributed by atoms with Crippen molar-refractivity contribution in [3.63, 3.8) is 0 Å². The van der Waals surface area contributed by atoms with E-state index in [1.54, 1.807) is 6.20 Å². The highest BCUT2D eigenvalue weighted by molar-refractivity contribution is 5.95. The molecule has 0 atom stereocenters. The number of aromatic nitrogens is 1. The quantitative estimate of drug-likeness (QED) is 0.388. The SMILES string of the molecule is CC(C)(C)C1CCN(Cc2ccnc(C(N)=NO)c2)CC1. The second kappa shape index (κ2) is 6.43. The number of nitrogens with zero attached hydrogens (tertiary/aromatic N) is 3. The molecule has 2 rings (SSSR count). The molecular weight excluding hydrogens is 264 g/mol. The van der Waals surface area contributed by atoms with Crippen LogP contribution < -0.4 is 5.73 Å². The van der Waals surface area contributed by atoms with Crippen molar-refractivity contribution in [1.82, 2.24) is 9.88 Å². The van der Waals surface area contributed by atoms with Crippen LogP contribution in [-0.4, -0.2) is 34.0 Å². The highest BCUT2D eigenvalue weighted by Gasteiger charge is 2.28. The van der Waals surface area contributed by atoms with Crippen LogP contribution in [-0.2, 0) is 6.54 Å².